The molecule has 1 aromatic rings. The number of hydrogen-bond donors (Lipinski definition) is 2. The lowest BCUT2D eigenvalue weighted by molar-refractivity contribution is -0.123. The van der Waals surface area contributed by atoms with Gasteiger partial charge in [0.05, 0.1) is 5.54 Å². The minimum atomic E-state index is -0.547. The smallest absolute Gasteiger partial charge is 0.240 e. The van der Waals surface area contributed by atoms with Gasteiger partial charge in [-0.1, -0.05) is 24.3 Å². The number of hydrogen-bond acceptors (Lipinski definition) is 2. The first kappa shape index (κ1) is 14.4. The highest BCUT2D eigenvalue weighted by atomic mass is 35.5. The van der Waals surface area contributed by atoms with E-state index in [1.807, 2.05) is 0 Å². The molecule has 19 heavy (non-hydrogen) atoms. The van der Waals surface area contributed by atoms with Crippen molar-refractivity contribution < 1.29 is 4.79 Å². The molecule has 104 valence electrons. The molecule has 3 nitrogen and oxygen atoms in total. The molecule has 3 N–H and O–H groups in total. The van der Waals surface area contributed by atoms with Gasteiger partial charge in [0, 0.05) is 12.5 Å². The largest absolute Gasteiger partial charge is 0.354 e. The fraction of sp³-hybridized carbons (Fsp3) is 0.533. The summed E-state index contributed by atoms with van der Waals surface area (Å²) < 4.78 is 0. The summed E-state index contributed by atoms with van der Waals surface area (Å²) >= 11 is 0. The Balaban J connectivity index is 0.00000133. The maximum absolute atomic E-state index is 11.8. The van der Waals surface area contributed by atoms with Crippen LogP contribution in [0.2, 0.25) is 0 Å². The minimum Gasteiger partial charge on any atom is -0.354 e. The summed E-state index contributed by atoms with van der Waals surface area (Å²) in [6, 6.07) is 8.58. The lowest BCUT2D eigenvalue weighted by Gasteiger charge is -2.26. The fourth-order valence-corrected chi connectivity index (χ4v) is 2.82. The van der Waals surface area contributed by atoms with Gasteiger partial charge >= 0.3 is 0 Å². The third kappa shape index (κ3) is 2.93. The first-order valence-electron chi connectivity index (χ1n) is 6.84. The quantitative estimate of drug-likeness (QED) is 0.891. The van der Waals surface area contributed by atoms with Gasteiger partial charge < -0.3 is 11.1 Å². The molecule has 0 radical (unpaired) electrons. The molecule has 0 heterocycles. The van der Waals surface area contributed by atoms with Crippen molar-refractivity contribution in [1.29, 1.82) is 0 Å². The zero-order valence-electron chi connectivity index (χ0n) is 11.0. The average Bonchev–Trinajstić information content (AvgIpc) is 3.15. The molecule has 1 fully saturated rings. The third-order valence-electron chi connectivity index (χ3n) is 4.24. The molecule has 0 saturated heterocycles. The van der Waals surface area contributed by atoms with Crippen molar-refractivity contribution in [3.63, 3.8) is 0 Å². The average molecular weight is 281 g/mol. The van der Waals surface area contributed by atoms with E-state index in [2.05, 4.69) is 29.6 Å². The molecule has 1 amide bonds. The molecule has 0 aromatic heterocycles. The predicted molar refractivity (Wildman–Crippen MR) is 78.5 cm³/mol. The fourth-order valence-electron chi connectivity index (χ4n) is 2.82. The number of nitrogens with one attached hydrogen (secondary N) is 1. The molecule has 0 bridgehead atoms. The van der Waals surface area contributed by atoms with Gasteiger partial charge in [-0.25, -0.2) is 0 Å². The number of amides is 1. The lowest BCUT2D eigenvalue weighted by atomic mass is 9.83. The summed E-state index contributed by atoms with van der Waals surface area (Å²) in [5, 5.41) is 3.03. The van der Waals surface area contributed by atoms with Crippen LogP contribution in [0.5, 0.6) is 0 Å². The van der Waals surface area contributed by atoms with Gasteiger partial charge in [0.2, 0.25) is 5.91 Å². The molecule has 0 aliphatic heterocycles. The van der Waals surface area contributed by atoms with Crippen LogP contribution in [0.25, 0.3) is 0 Å². The second-order valence-corrected chi connectivity index (χ2v) is 5.65. The van der Waals surface area contributed by atoms with E-state index in [0.717, 1.165) is 25.8 Å². The number of fused-ring (bicyclic) bond motifs is 1. The highest BCUT2D eigenvalue weighted by Gasteiger charge is 2.45. The molecule has 1 saturated carbocycles. The van der Waals surface area contributed by atoms with Crippen molar-refractivity contribution >= 4 is 18.3 Å². The number of carbonyl (C=O) groups excluding carboxylic acids is 1. The Bertz CT molecular complexity index is 471. The van der Waals surface area contributed by atoms with E-state index in [-0.39, 0.29) is 18.3 Å². The van der Waals surface area contributed by atoms with Gasteiger partial charge in [0.25, 0.3) is 0 Å². The predicted octanol–water partition coefficient (Wildman–Crippen LogP) is 2.14. The molecule has 3 rings (SSSR count). The molecule has 2 aliphatic rings. The maximum Gasteiger partial charge on any atom is 0.240 e. The Hall–Kier alpha value is -1.06. The number of benzene rings is 1. The van der Waals surface area contributed by atoms with Crippen LogP contribution in [0.4, 0.5) is 0 Å². The molecule has 1 atom stereocenters. The summed E-state index contributed by atoms with van der Waals surface area (Å²) in [7, 11) is 0. The van der Waals surface area contributed by atoms with E-state index in [9.17, 15) is 4.79 Å². The Morgan fingerprint density at radius 2 is 2.11 bits per heavy atom. The monoisotopic (exact) mass is 280 g/mol. The zero-order chi connectivity index (χ0) is 12.6. The highest BCUT2D eigenvalue weighted by molar-refractivity contribution is 5.89. The minimum absolute atomic E-state index is 0. The summed E-state index contributed by atoms with van der Waals surface area (Å²) in [6.45, 7) is 0.731. The first-order valence-corrected chi connectivity index (χ1v) is 6.84. The molecule has 0 spiro atoms. The van der Waals surface area contributed by atoms with Gasteiger partial charge in [-0.2, -0.15) is 0 Å². The summed E-state index contributed by atoms with van der Waals surface area (Å²) in [4.78, 5) is 11.8. The normalized spacial score (nSPS) is 22.9. The third-order valence-corrected chi connectivity index (χ3v) is 4.24. The first-order chi connectivity index (χ1) is 8.69. The van der Waals surface area contributed by atoms with Gasteiger partial charge in [-0.15, -0.1) is 12.4 Å². The highest BCUT2D eigenvalue weighted by Crippen LogP contribution is 2.33. The Kier molecular flexibility index (Phi) is 4.16. The second kappa shape index (κ2) is 5.51. The number of aryl methyl sites for hydroxylation is 1. The lowest BCUT2D eigenvalue weighted by Crippen LogP contribution is -2.44. The number of rotatable bonds is 3. The number of halogens is 1. The molecular formula is C15H21ClN2O. The second-order valence-electron chi connectivity index (χ2n) is 5.65. The van der Waals surface area contributed by atoms with Gasteiger partial charge in [-0.3, -0.25) is 4.79 Å². The van der Waals surface area contributed by atoms with Crippen LogP contribution in [0.15, 0.2) is 24.3 Å². The summed E-state index contributed by atoms with van der Waals surface area (Å²) in [6.07, 6.45) is 5.21. The molecule has 4 heteroatoms. The van der Waals surface area contributed by atoms with Crippen molar-refractivity contribution in [2.75, 3.05) is 6.54 Å². The topological polar surface area (TPSA) is 55.1 Å². The van der Waals surface area contributed by atoms with Crippen LogP contribution in [-0.4, -0.2) is 18.0 Å². The van der Waals surface area contributed by atoms with Crippen LogP contribution in [0.3, 0.4) is 0 Å². The van der Waals surface area contributed by atoms with Crippen molar-refractivity contribution in [3.05, 3.63) is 35.4 Å². The number of nitrogens with two attached hydrogens (primary N) is 1. The summed E-state index contributed by atoms with van der Waals surface area (Å²) in [5.41, 5.74) is 8.19. The van der Waals surface area contributed by atoms with Crippen molar-refractivity contribution in [3.8, 4) is 0 Å². The summed E-state index contributed by atoms with van der Waals surface area (Å²) in [5.74, 6) is 0.492. The van der Waals surface area contributed by atoms with E-state index in [1.165, 1.54) is 24.0 Å². The Morgan fingerprint density at radius 3 is 2.84 bits per heavy atom. The standard InChI is InChI=1S/C15H20N2O.ClH/c16-15(8-9-15)14(18)17-10-12-6-3-5-11-4-1-2-7-13(11)12;/h1-2,4,7,12H,3,5-6,8-10,16H2,(H,17,18);1H. The van der Waals surface area contributed by atoms with E-state index < -0.39 is 5.54 Å². The van der Waals surface area contributed by atoms with Gasteiger partial charge in [0.15, 0.2) is 0 Å². The van der Waals surface area contributed by atoms with Crippen molar-refractivity contribution in [2.45, 2.75) is 43.6 Å². The van der Waals surface area contributed by atoms with E-state index in [0.29, 0.717) is 5.92 Å². The Labute approximate surface area is 120 Å². The van der Waals surface area contributed by atoms with E-state index in [4.69, 9.17) is 5.73 Å². The van der Waals surface area contributed by atoms with Crippen LogP contribution < -0.4 is 11.1 Å². The van der Waals surface area contributed by atoms with Crippen LogP contribution in [0, 0.1) is 0 Å². The van der Waals surface area contributed by atoms with Crippen LogP contribution in [0.1, 0.15) is 42.7 Å². The van der Waals surface area contributed by atoms with Crippen molar-refractivity contribution in [2.24, 2.45) is 5.73 Å². The molecular weight excluding hydrogens is 260 g/mol. The van der Waals surface area contributed by atoms with Crippen LogP contribution >= 0.6 is 12.4 Å². The maximum atomic E-state index is 11.8. The van der Waals surface area contributed by atoms with E-state index in [1.54, 1.807) is 0 Å². The molecule has 1 unspecified atom stereocenters. The SMILES string of the molecule is Cl.NC1(C(=O)NCC2CCCc3ccccc32)CC1. The van der Waals surface area contributed by atoms with Crippen molar-refractivity contribution in [1.82, 2.24) is 5.32 Å². The van der Waals surface area contributed by atoms with Gasteiger partial charge in [-0.05, 0) is 43.2 Å². The van der Waals surface area contributed by atoms with E-state index >= 15 is 0 Å². The Morgan fingerprint density at radius 1 is 1.37 bits per heavy atom. The van der Waals surface area contributed by atoms with Crippen LogP contribution in [-0.2, 0) is 11.2 Å². The van der Waals surface area contributed by atoms with Gasteiger partial charge in [0.1, 0.15) is 0 Å². The molecule has 2 aliphatic carbocycles. The molecule has 1 aromatic carbocycles. The zero-order valence-corrected chi connectivity index (χ0v) is 11.8. The number of carbonyl (C=O) groups is 1.